The van der Waals surface area contributed by atoms with Gasteiger partial charge in [-0.15, -0.1) is 0 Å². The maximum absolute atomic E-state index is 5.30. The van der Waals surface area contributed by atoms with Crippen molar-refractivity contribution in [3.05, 3.63) is 0 Å². The maximum atomic E-state index is 5.30. The summed E-state index contributed by atoms with van der Waals surface area (Å²) < 4.78 is 5.30. The SMILES string of the molecule is CCCCCC1(OC)CCOOO1. The van der Waals surface area contributed by atoms with Gasteiger partial charge in [0.1, 0.15) is 0 Å². The van der Waals surface area contributed by atoms with E-state index < -0.39 is 5.79 Å². The van der Waals surface area contributed by atoms with Crippen molar-refractivity contribution in [2.24, 2.45) is 0 Å². The molecule has 4 heteroatoms. The normalized spacial score (nSPS) is 29.1. The van der Waals surface area contributed by atoms with Gasteiger partial charge in [-0.2, -0.15) is 4.89 Å². The Morgan fingerprint density at radius 1 is 1.38 bits per heavy atom. The lowest BCUT2D eigenvalue weighted by Crippen LogP contribution is -2.39. The Kier molecular flexibility index (Phi) is 4.66. The van der Waals surface area contributed by atoms with Crippen LogP contribution in [-0.2, 0) is 19.6 Å². The highest BCUT2D eigenvalue weighted by atomic mass is 17.5. The van der Waals surface area contributed by atoms with Gasteiger partial charge in [-0.05, 0) is 6.42 Å². The molecule has 1 aliphatic heterocycles. The lowest BCUT2D eigenvalue weighted by Gasteiger charge is -2.32. The van der Waals surface area contributed by atoms with Gasteiger partial charge in [0.2, 0.25) is 5.79 Å². The van der Waals surface area contributed by atoms with Crippen LogP contribution in [0, 0.1) is 0 Å². The van der Waals surface area contributed by atoms with Gasteiger partial charge in [0.05, 0.1) is 6.61 Å². The topological polar surface area (TPSA) is 36.9 Å². The van der Waals surface area contributed by atoms with E-state index in [1.165, 1.54) is 12.8 Å². The Balaban J connectivity index is 2.29. The molecule has 1 rings (SSSR count). The van der Waals surface area contributed by atoms with E-state index in [2.05, 4.69) is 16.8 Å². The van der Waals surface area contributed by atoms with Crippen molar-refractivity contribution in [2.75, 3.05) is 13.7 Å². The third-order valence-corrected chi connectivity index (χ3v) is 2.33. The van der Waals surface area contributed by atoms with Gasteiger partial charge < -0.3 is 4.74 Å². The first kappa shape index (κ1) is 10.9. The molecule has 1 saturated heterocycles. The fraction of sp³-hybridized carbons (Fsp3) is 1.00. The first-order valence-corrected chi connectivity index (χ1v) is 4.85. The van der Waals surface area contributed by atoms with Crippen molar-refractivity contribution in [1.29, 1.82) is 0 Å². The molecule has 1 aliphatic rings. The Morgan fingerprint density at radius 2 is 2.23 bits per heavy atom. The summed E-state index contributed by atoms with van der Waals surface area (Å²) in [5.74, 6) is -0.576. The van der Waals surface area contributed by atoms with Gasteiger partial charge in [0.15, 0.2) is 0 Å². The van der Waals surface area contributed by atoms with E-state index in [-0.39, 0.29) is 0 Å². The second-order valence-corrected chi connectivity index (χ2v) is 3.30. The number of methoxy groups -OCH3 is 1. The molecule has 4 nitrogen and oxygen atoms in total. The average molecular weight is 190 g/mol. The van der Waals surface area contributed by atoms with Crippen molar-refractivity contribution >= 4 is 0 Å². The van der Waals surface area contributed by atoms with Crippen LogP contribution in [0.3, 0.4) is 0 Å². The molecule has 0 saturated carbocycles. The third-order valence-electron chi connectivity index (χ3n) is 2.33. The number of hydrogen-bond donors (Lipinski definition) is 0. The summed E-state index contributed by atoms with van der Waals surface area (Å²) in [5.41, 5.74) is 0. The molecule has 0 bridgehead atoms. The van der Waals surface area contributed by atoms with Crippen molar-refractivity contribution in [3.8, 4) is 0 Å². The zero-order valence-corrected chi connectivity index (χ0v) is 8.38. The van der Waals surface area contributed by atoms with Crippen LogP contribution < -0.4 is 0 Å². The molecule has 0 radical (unpaired) electrons. The highest BCUT2D eigenvalue weighted by Gasteiger charge is 2.35. The zero-order chi connectivity index (χ0) is 9.57. The summed E-state index contributed by atoms with van der Waals surface area (Å²) in [6.07, 6.45) is 5.06. The van der Waals surface area contributed by atoms with E-state index in [1.54, 1.807) is 7.11 Å². The minimum atomic E-state index is -0.576. The molecule has 78 valence electrons. The average Bonchev–Trinajstić information content (AvgIpc) is 2.20. The monoisotopic (exact) mass is 190 g/mol. The molecule has 0 N–H and O–H groups in total. The molecule has 1 fully saturated rings. The van der Waals surface area contributed by atoms with Crippen molar-refractivity contribution in [2.45, 2.75) is 44.8 Å². The molecule has 0 spiro atoms. The predicted octanol–water partition coefficient (Wildman–Crippen LogP) is 2.19. The quantitative estimate of drug-likeness (QED) is 0.492. The molecule has 0 aromatic heterocycles. The van der Waals surface area contributed by atoms with Crippen molar-refractivity contribution in [1.82, 2.24) is 0 Å². The summed E-state index contributed by atoms with van der Waals surface area (Å²) in [5, 5.41) is 4.48. The lowest BCUT2D eigenvalue weighted by molar-refractivity contribution is -0.598. The van der Waals surface area contributed by atoms with Crippen LogP contribution in [0.4, 0.5) is 0 Å². The first-order chi connectivity index (χ1) is 6.33. The molecule has 13 heavy (non-hydrogen) atoms. The van der Waals surface area contributed by atoms with Crippen LogP contribution in [0.25, 0.3) is 0 Å². The summed E-state index contributed by atoms with van der Waals surface area (Å²) in [6, 6.07) is 0. The van der Waals surface area contributed by atoms with Crippen LogP contribution >= 0.6 is 0 Å². The first-order valence-electron chi connectivity index (χ1n) is 4.85. The lowest BCUT2D eigenvalue weighted by atomic mass is 10.0. The maximum Gasteiger partial charge on any atom is 0.206 e. The number of unbranched alkanes of at least 4 members (excludes halogenated alkanes) is 2. The summed E-state index contributed by atoms with van der Waals surface area (Å²) in [4.78, 5) is 9.65. The minimum Gasteiger partial charge on any atom is -0.351 e. The van der Waals surface area contributed by atoms with Gasteiger partial charge in [-0.3, -0.25) is 0 Å². The van der Waals surface area contributed by atoms with Crippen LogP contribution in [0.1, 0.15) is 39.0 Å². The van der Waals surface area contributed by atoms with Crippen molar-refractivity contribution in [3.63, 3.8) is 0 Å². The minimum absolute atomic E-state index is 0.528. The summed E-state index contributed by atoms with van der Waals surface area (Å²) >= 11 is 0. The van der Waals surface area contributed by atoms with E-state index in [9.17, 15) is 0 Å². The molecule has 0 amide bonds. The van der Waals surface area contributed by atoms with Gasteiger partial charge in [-0.25, -0.2) is 4.89 Å². The molecule has 0 aromatic carbocycles. The smallest absolute Gasteiger partial charge is 0.206 e. The number of rotatable bonds is 5. The van der Waals surface area contributed by atoms with Crippen molar-refractivity contribution < 1.29 is 19.6 Å². The predicted molar refractivity (Wildman–Crippen MR) is 46.6 cm³/mol. The van der Waals surface area contributed by atoms with Crippen LogP contribution in [0.5, 0.6) is 0 Å². The Morgan fingerprint density at radius 3 is 2.77 bits per heavy atom. The molecular formula is C9H18O4. The molecule has 0 aliphatic carbocycles. The molecular weight excluding hydrogens is 172 g/mol. The van der Waals surface area contributed by atoms with E-state index >= 15 is 0 Å². The van der Waals surface area contributed by atoms with Crippen LogP contribution in [0.15, 0.2) is 0 Å². The number of ether oxygens (including phenoxy) is 1. The van der Waals surface area contributed by atoms with Gasteiger partial charge in [0, 0.05) is 20.0 Å². The van der Waals surface area contributed by atoms with E-state index in [0.717, 1.165) is 19.3 Å². The molecule has 1 unspecified atom stereocenters. The third kappa shape index (κ3) is 3.23. The largest absolute Gasteiger partial charge is 0.351 e. The fourth-order valence-electron chi connectivity index (χ4n) is 1.41. The van der Waals surface area contributed by atoms with Gasteiger partial charge in [0.25, 0.3) is 0 Å². The number of hydrogen-bond acceptors (Lipinski definition) is 4. The summed E-state index contributed by atoms with van der Waals surface area (Å²) in [7, 11) is 1.64. The molecule has 1 atom stereocenters. The zero-order valence-electron chi connectivity index (χ0n) is 8.38. The Labute approximate surface area is 79.0 Å². The standard InChI is InChI=1S/C9H18O4/c1-3-4-5-6-9(10-2)7-8-11-13-12-9/h3-8H2,1-2H3. The van der Waals surface area contributed by atoms with E-state index in [1.807, 2.05) is 0 Å². The van der Waals surface area contributed by atoms with Gasteiger partial charge >= 0.3 is 0 Å². The highest BCUT2D eigenvalue weighted by molar-refractivity contribution is 4.68. The van der Waals surface area contributed by atoms with E-state index in [4.69, 9.17) is 9.62 Å². The van der Waals surface area contributed by atoms with Crippen LogP contribution in [-0.4, -0.2) is 19.5 Å². The molecule has 0 aromatic rings. The summed E-state index contributed by atoms with van der Waals surface area (Å²) in [6.45, 7) is 2.70. The molecule has 1 heterocycles. The van der Waals surface area contributed by atoms with E-state index in [0.29, 0.717) is 6.61 Å². The van der Waals surface area contributed by atoms with Crippen LogP contribution in [0.2, 0.25) is 0 Å². The fourth-order valence-corrected chi connectivity index (χ4v) is 1.41. The Hall–Kier alpha value is -0.160. The highest BCUT2D eigenvalue weighted by Crippen LogP contribution is 2.28. The second kappa shape index (κ2) is 5.54. The second-order valence-electron chi connectivity index (χ2n) is 3.30. The van der Waals surface area contributed by atoms with Gasteiger partial charge in [-0.1, -0.05) is 24.8 Å². The Bertz CT molecular complexity index is 132.